The molecule has 0 unspecified atom stereocenters. The molecule has 1 saturated heterocycles. The highest BCUT2D eigenvalue weighted by atomic mass is 32.1. The fraction of sp³-hybridized carbons (Fsp3) is 0.235. The van der Waals surface area contributed by atoms with Gasteiger partial charge in [-0.2, -0.15) is 5.10 Å². The van der Waals surface area contributed by atoms with Crippen LogP contribution in [0.25, 0.3) is 10.2 Å². The van der Waals surface area contributed by atoms with E-state index in [9.17, 15) is 9.59 Å². The average Bonchev–Trinajstić information content (AvgIpc) is 3.24. The highest BCUT2D eigenvalue weighted by Crippen LogP contribution is 2.30. The van der Waals surface area contributed by atoms with Gasteiger partial charge in [-0.15, -0.1) is 11.3 Å². The normalized spacial score (nSPS) is 14.6. The van der Waals surface area contributed by atoms with Gasteiger partial charge in [0.15, 0.2) is 0 Å². The summed E-state index contributed by atoms with van der Waals surface area (Å²) in [4.78, 5) is 28.0. The van der Waals surface area contributed by atoms with Crippen molar-refractivity contribution in [3.8, 4) is 0 Å². The van der Waals surface area contributed by atoms with E-state index in [2.05, 4.69) is 15.5 Å². The molecule has 1 aromatic carbocycles. The summed E-state index contributed by atoms with van der Waals surface area (Å²) in [6.07, 6.45) is 0. The number of aromatic nitrogens is 2. The molecule has 7 nitrogen and oxygen atoms in total. The van der Waals surface area contributed by atoms with Gasteiger partial charge < -0.3 is 15.0 Å². The SMILES string of the molecule is O=C(Nc1[nH]nc2sc(C(=O)N3CCOCC3)cc12)c1ccccc1. The monoisotopic (exact) mass is 356 g/mol. The molecule has 0 saturated carbocycles. The molecule has 128 valence electrons. The summed E-state index contributed by atoms with van der Waals surface area (Å²) in [7, 11) is 0. The van der Waals surface area contributed by atoms with Gasteiger partial charge in [0, 0.05) is 18.7 Å². The summed E-state index contributed by atoms with van der Waals surface area (Å²) >= 11 is 1.32. The third-order valence-electron chi connectivity index (χ3n) is 4.03. The predicted molar refractivity (Wildman–Crippen MR) is 95.1 cm³/mol. The number of thiophene rings is 1. The van der Waals surface area contributed by atoms with Crippen LogP contribution in [0.4, 0.5) is 5.82 Å². The van der Waals surface area contributed by atoms with Gasteiger partial charge in [0.25, 0.3) is 11.8 Å². The van der Waals surface area contributed by atoms with Crippen molar-refractivity contribution < 1.29 is 14.3 Å². The van der Waals surface area contributed by atoms with Gasteiger partial charge >= 0.3 is 0 Å². The summed E-state index contributed by atoms with van der Waals surface area (Å²) in [5, 5.41) is 10.6. The Balaban J connectivity index is 1.56. The lowest BCUT2D eigenvalue weighted by Crippen LogP contribution is -2.40. The quantitative estimate of drug-likeness (QED) is 0.754. The third-order valence-corrected chi connectivity index (χ3v) is 5.05. The molecule has 1 fully saturated rings. The molecule has 8 heteroatoms. The molecular formula is C17H16N4O3S. The summed E-state index contributed by atoms with van der Waals surface area (Å²) in [5.41, 5.74) is 0.560. The van der Waals surface area contributed by atoms with Crippen molar-refractivity contribution in [3.05, 3.63) is 46.8 Å². The van der Waals surface area contributed by atoms with E-state index in [4.69, 9.17) is 4.74 Å². The van der Waals surface area contributed by atoms with Gasteiger partial charge in [-0.3, -0.25) is 14.7 Å². The number of hydrogen-bond donors (Lipinski definition) is 2. The van der Waals surface area contributed by atoms with E-state index < -0.39 is 0 Å². The standard InChI is InChI=1S/C17H16N4O3S/c22-15(11-4-2-1-3-5-11)18-14-12-10-13(25-16(12)20-19-14)17(23)21-6-8-24-9-7-21/h1-5,10H,6-9H2,(H2,18,19,20,22). The number of ether oxygens (including phenoxy) is 1. The van der Waals surface area contributed by atoms with E-state index in [1.165, 1.54) is 11.3 Å². The van der Waals surface area contributed by atoms with Crippen LogP contribution in [-0.4, -0.2) is 53.2 Å². The number of nitrogens with zero attached hydrogens (tertiary/aromatic N) is 2. The Hall–Kier alpha value is -2.71. The van der Waals surface area contributed by atoms with Crippen LogP contribution >= 0.6 is 11.3 Å². The van der Waals surface area contributed by atoms with Gasteiger partial charge in [0.1, 0.15) is 10.6 Å². The van der Waals surface area contributed by atoms with E-state index in [1.807, 2.05) is 6.07 Å². The minimum atomic E-state index is -0.224. The molecule has 0 atom stereocenters. The maximum Gasteiger partial charge on any atom is 0.264 e. The maximum absolute atomic E-state index is 12.6. The van der Waals surface area contributed by atoms with E-state index in [0.29, 0.717) is 47.4 Å². The van der Waals surface area contributed by atoms with Crippen LogP contribution in [0.5, 0.6) is 0 Å². The molecule has 0 radical (unpaired) electrons. The van der Waals surface area contributed by atoms with Crippen molar-refractivity contribution in [1.82, 2.24) is 15.1 Å². The maximum atomic E-state index is 12.6. The fourth-order valence-corrected chi connectivity index (χ4v) is 3.67. The van der Waals surface area contributed by atoms with Crippen LogP contribution in [0.1, 0.15) is 20.0 Å². The first-order chi connectivity index (χ1) is 12.2. The number of amides is 2. The van der Waals surface area contributed by atoms with E-state index in [-0.39, 0.29) is 11.8 Å². The molecule has 4 rings (SSSR count). The van der Waals surface area contributed by atoms with Gasteiger partial charge in [-0.1, -0.05) is 18.2 Å². The first-order valence-corrected chi connectivity index (χ1v) is 8.75. The summed E-state index contributed by atoms with van der Waals surface area (Å²) in [6.45, 7) is 2.32. The first kappa shape index (κ1) is 15.8. The van der Waals surface area contributed by atoms with Gasteiger partial charge in [0.2, 0.25) is 0 Å². The van der Waals surface area contributed by atoms with E-state index in [1.54, 1.807) is 35.2 Å². The summed E-state index contributed by atoms with van der Waals surface area (Å²) < 4.78 is 5.28. The van der Waals surface area contributed by atoms with Crippen LogP contribution in [0, 0.1) is 0 Å². The second kappa shape index (κ2) is 6.66. The molecule has 2 aromatic heterocycles. The highest BCUT2D eigenvalue weighted by molar-refractivity contribution is 7.20. The highest BCUT2D eigenvalue weighted by Gasteiger charge is 2.22. The minimum Gasteiger partial charge on any atom is -0.378 e. The number of rotatable bonds is 3. The Morgan fingerprint density at radius 3 is 2.72 bits per heavy atom. The number of nitrogens with one attached hydrogen (secondary N) is 2. The second-order valence-corrected chi connectivity index (χ2v) is 6.68. The molecule has 2 N–H and O–H groups in total. The number of carbonyl (C=O) groups is 2. The van der Waals surface area contributed by atoms with Gasteiger partial charge in [-0.25, -0.2) is 0 Å². The predicted octanol–water partition coefficient (Wildman–Crippen LogP) is 2.35. The molecule has 0 aliphatic carbocycles. The molecule has 25 heavy (non-hydrogen) atoms. The number of fused-ring (bicyclic) bond motifs is 1. The summed E-state index contributed by atoms with van der Waals surface area (Å²) in [6, 6.07) is 10.7. The van der Waals surface area contributed by atoms with Crippen LogP contribution in [0.2, 0.25) is 0 Å². The van der Waals surface area contributed by atoms with Gasteiger partial charge in [-0.05, 0) is 18.2 Å². The number of carbonyl (C=O) groups excluding carboxylic acids is 2. The minimum absolute atomic E-state index is 0.0216. The molecule has 2 amide bonds. The van der Waals surface area contributed by atoms with Gasteiger partial charge in [0.05, 0.1) is 23.5 Å². The molecular weight excluding hydrogens is 340 g/mol. The number of aromatic amines is 1. The van der Waals surface area contributed by atoms with Crippen molar-refractivity contribution in [3.63, 3.8) is 0 Å². The number of benzene rings is 1. The Labute approximate surface area is 147 Å². The molecule has 1 aliphatic rings. The lowest BCUT2D eigenvalue weighted by Gasteiger charge is -2.26. The number of anilines is 1. The van der Waals surface area contributed by atoms with E-state index >= 15 is 0 Å². The first-order valence-electron chi connectivity index (χ1n) is 7.94. The number of hydrogen-bond acceptors (Lipinski definition) is 5. The Morgan fingerprint density at radius 2 is 1.96 bits per heavy atom. The zero-order chi connectivity index (χ0) is 17.2. The average molecular weight is 356 g/mol. The van der Waals surface area contributed by atoms with Crippen molar-refractivity contribution in [2.75, 3.05) is 31.6 Å². The topological polar surface area (TPSA) is 87.3 Å². The Kier molecular flexibility index (Phi) is 4.21. The molecule has 0 bridgehead atoms. The Morgan fingerprint density at radius 1 is 1.20 bits per heavy atom. The lowest BCUT2D eigenvalue weighted by atomic mass is 10.2. The number of H-pyrrole nitrogens is 1. The van der Waals surface area contributed by atoms with E-state index in [0.717, 1.165) is 5.39 Å². The zero-order valence-electron chi connectivity index (χ0n) is 13.3. The van der Waals surface area contributed by atoms with Crippen molar-refractivity contribution in [2.24, 2.45) is 0 Å². The number of morpholine rings is 1. The molecule has 3 heterocycles. The smallest absolute Gasteiger partial charge is 0.264 e. The van der Waals surface area contributed by atoms with Crippen molar-refractivity contribution in [1.29, 1.82) is 0 Å². The van der Waals surface area contributed by atoms with Crippen molar-refractivity contribution in [2.45, 2.75) is 0 Å². The van der Waals surface area contributed by atoms with Crippen LogP contribution < -0.4 is 5.32 Å². The van der Waals surface area contributed by atoms with Crippen LogP contribution in [0.15, 0.2) is 36.4 Å². The van der Waals surface area contributed by atoms with Crippen molar-refractivity contribution >= 4 is 39.2 Å². The zero-order valence-corrected chi connectivity index (χ0v) is 14.1. The molecule has 3 aromatic rings. The largest absolute Gasteiger partial charge is 0.378 e. The summed E-state index contributed by atoms with van der Waals surface area (Å²) in [5.74, 6) is 0.256. The van der Waals surface area contributed by atoms with Crippen LogP contribution in [0.3, 0.4) is 0 Å². The third kappa shape index (κ3) is 3.13. The van der Waals surface area contributed by atoms with Crippen LogP contribution in [-0.2, 0) is 4.74 Å². The lowest BCUT2D eigenvalue weighted by molar-refractivity contribution is 0.0306. The molecule has 1 aliphatic heterocycles. The Bertz CT molecular complexity index is 913. The second-order valence-electron chi connectivity index (χ2n) is 5.65. The fourth-order valence-electron chi connectivity index (χ4n) is 2.71. The molecule has 0 spiro atoms.